The summed E-state index contributed by atoms with van der Waals surface area (Å²) in [5.41, 5.74) is 2.15. The van der Waals surface area contributed by atoms with Gasteiger partial charge in [0.1, 0.15) is 0 Å². The Hall–Kier alpha value is -2.12. The summed E-state index contributed by atoms with van der Waals surface area (Å²) in [6, 6.07) is 11.9. The van der Waals surface area contributed by atoms with E-state index in [2.05, 4.69) is 22.5 Å². The van der Waals surface area contributed by atoms with Crippen LogP contribution < -0.4 is 0 Å². The molecule has 2 aromatic carbocycles. The lowest BCUT2D eigenvalue weighted by Crippen LogP contribution is -2.25. The van der Waals surface area contributed by atoms with E-state index < -0.39 is 0 Å². The minimum Gasteiger partial charge on any atom is -0.329 e. The van der Waals surface area contributed by atoms with Crippen molar-refractivity contribution in [1.29, 1.82) is 5.26 Å². The molecule has 1 amide bonds. The SMILES string of the molecule is C=C(C#N)CN1Cc2c(ccc3ccc(Br)cc23)C1=O. The number of amides is 1. The fraction of sp³-hybridized carbons (Fsp3) is 0.125. The molecule has 4 heteroatoms. The summed E-state index contributed by atoms with van der Waals surface area (Å²) < 4.78 is 0.991. The fourth-order valence-corrected chi connectivity index (χ4v) is 2.91. The van der Waals surface area contributed by atoms with Crippen LogP contribution in [0.25, 0.3) is 10.8 Å². The first-order chi connectivity index (χ1) is 9.60. The van der Waals surface area contributed by atoms with Crippen LogP contribution in [-0.4, -0.2) is 17.4 Å². The van der Waals surface area contributed by atoms with E-state index in [1.165, 1.54) is 0 Å². The van der Waals surface area contributed by atoms with E-state index in [9.17, 15) is 4.79 Å². The van der Waals surface area contributed by atoms with Crippen LogP contribution in [0.3, 0.4) is 0 Å². The number of rotatable bonds is 2. The number of benzene rings is 2. The first kappa shape index (κ1) is 12.9. The second-order valence-electron chi connectivity index (χ2n) is 4.83. The normalized spacial score (nSPS) is 13.4. The van der Waals surface area contributed by atoms with Crippen LogP contribution >= 0.6 is 15.9 Å². The molecule has 0 unspecified atom stereocenters. The van der Waals surface area contributed by atoms with Crippen molar-refractivity contribution in [3.8, 4) is 6.07 Å². The van der Waals surface area contributed by atoms with Gasteiger partial charge in [-0.05, 0) is 34.5 Å². The van der Waals surface area contributed by atoms with E-state index in [0.717, 1.165) is 26.4 Å². The maximum Gasteiger partial charge on any atom is 0.254 e. The molecule has 0 N–H and O–H groups in total. The zero-order chi connectivity index (χ0) is 14.3. The molecule has 0 atom stereocenters. The summed E-state index contributed by atoms with van der Waals surface area (Å²) in [7, 11) is 0. The highest BCUT2D eigenvalue weighted by Crippen LogP contribution is 2.32. The molecule has 0 saturated heterocycles. The summed E-state index contributed by atoms with van der Waals surface area (Å²) in [6.45, 7) is 4.47. The Kier molecular flexibility index (Phi) is 3.07. The van der Waals surface area contributed by atoms with Crippen LogP contribution in [0.2, 0.25) is 0 Å². The quantitative estimate of drug-likeness (QED) is 0.791. The van der Waals surface area contributed by atoms with E-state index in [0.29, 0.717) is 18.7 Å². The van der Waals surface area contributed by atoms with Crippen molar-refractivity contribution in [2.24, 2.45) is 0 Å². The molecule has 1 aliphatic rings. The number of halogens is 1. The monoisotopic (exact) mass is 326 g/mol. The zero-order valence-electron chi connectivity index (χ0n) is 10.7. The molecule has 2 aromatic rings. The first-order valence-electron chi connectivity index (χ1n) is 6.18. The molecule has 0 bridgehead atoms. The maximum atomic E-state index is 12.3. The molecule has 3 rings (SSSR count). The van der Waals surface area contributed by atoms with Crippen molar-refractivity contribution >= 4 is 32.6 Å². The fourth-order valence-electron chi connectivity index (χ4n) is 2.55. The molecule has 0 aliphatic carbocycles. The van der Waals surface area contributed by atoms with Crippen molar-refractivity contribution in [2.45, 2.75) is 6.54 Å². The Morgan fingerprint density at radius 1 is 1.40 bits per heavy atom. The number of fused-ring (bicyclic) bond motifs is 3. The van der Waals surface area contributed by atoms with E-state index >= 15 is 0 Å². The average molecular weight is 327 g/mol. The van der Waals surface area contributed by atoms with Crippen molar-refractivity contribution in [3.63, 3.8) is 0 Å². The number of nitriles is 1. The van der Waals surface area contributed by atoms with E-state index in [-0.39, 0.29) is 5.91 Å². The average Bonchev–Trinajstić information content (AvgIpc) is 2.76. The number of hydrogen-bond acceptors (Lipinski definition) is 2. The molecule has 20 heavy (non-hydrogen) atoms. The largest absolute Gasteiger partial charge is 0.329 e. The lowest BCUT2D eigenvalue weighted by Gasteiger charge is -2.13. The minimum atomic E-state index is -0.0294. The highest BCUT2D eigenvalue weighted by molar-refractivity contribution is 9.10. The van der Waals surface area contributed by atoms with Gasteiger partial charge in [-0.1, -0.05) is 34.6 Å². The van der Waals surface area contributed by atoms with E-state index in [1.54, 1.807) is 4.90 Å². The summed E-state index contributed by atoms with van der Waals surface area (Å²) in [4.78, 5) is 14.0. The van der Waals surface area contributed by atoms with Crippen LogP contribution in [0.4, 0.5) is 0 Å². The summed E-state index contributed by atoms with van der Waals surface area (Å²) in [5, 5.41) is 11.0. The summed E-state index contributed by atoms with van der Waals surface area (Å²) in [6.07, 6.45) is 0. The highest BCUT2D eigenvalue weighted by Gasteiger charge is 2.28. The molecular formula is C16H11BrN2O. The second kappa shape index (κ2) is 4.77. The van der Waals surface area contributed by atoms with Gasteiger partial charge in [-0.15, -0.1) is 0 Å². The van der Waals surface area contributed by atoms with Crippen LogP contribution in [0.15, 0.2) is 47.0 Å². The standard InChI is InChI=1S/C16H11BrN2O/c1-10(7-18)8-19-9-15-13(16(19)20)5-3-11-2-4-12(17)6-14(11)15/h2-6H,1,8-9H2. The zero-order valence-corrected chi connectivity index (χ0v) is 12.3. The molecule has 1 aliphatic heterocycles. The third kappa shape index (κ3) is 2.00. The van der Waals surface area contributed by atoms with Crippen LogP contribution in [0, 0.1) is 11.3 Å². The van der Waals surface area contributed by atoms with Gasteiger partial charge in [-0.3, -0.25) is 4.79 Å². The summed E-state index contributed by atoms with van der Waals surface area (Å²) >= 11 is 3.47. The van der Waals surface area contributed by atoms with Crippen LogP contribution in [0.1, 0.15) is 15.9 Å². The van der Waals surface area contributed by atoms with E-state index in [1.807, 2.05) is 36.4 Å². The van der Waals surface area contributed by atoms with Crippen LogP contribution in [0.5, 0.6) is 0 Å². The van der Waals surface area contributed by atoms with Gasteiger partial charge in [0.05, 0.1) is 12.6 Å². The Balaban J connectivity index is 2.08. The number of nitrogens with zero attached hydrogens (tertiary/aromatic N) is 2. The highest BCUT2D eigenvalue weighted by atomic mass is 79.9. The van der Waals surface area contributed by atoms with Gasteiger partial charge in [-0.2, -0.15) is 5.26 Å². The Labute approximate surface area is 125 Å². The van der Waals surface area contributed by atoms with Crippen molar-refractivity contribution in [3.05, 3.63) is 58.1 Å². The Morgan fingerprint density at radius 2 is 2.15 bits per heavy atom. The number of carbonyl (C=O) groups is 1. The van der Waals surface area contributed by atoms with Gasteiger partial charge in [0, 0.05) is 22.2 Å². The number of hydrogen-bond donors (Lipinski definition) is 0. The molecule has 0 aromatic heterocycles. The van der Waals surface area contributed by atoms with Gasteiger partial charge in [0.15, 0.2) is 0 Å². The molecule has 3 nitrogen and oxygen atoms in total. The van der Waals surface area contributed by atoms with Gasteiger partial charge < -0.3 is 4.90 Å². The first-order valence-corrected chi connectivity index (χ1v) is 6.98. The molecule has 0 fully saturated rings. The summed E-state index contributed by atoms with van der Waals surface area (Å²) in [5.74, 6) is -0.0294. The molecule has 98 valence electrons. The van der Waals surface area contributed by atoms with Gasteiger partial charge in [-0.25, -0.2) is 0 Å². The molecule has 1 heterocycles. The second-order valence-corrected chi connectivity index (χ2v) is 5.75. The van der Waals surface area contributed by atoms with Crippen molar-refractivity contribution in [2.75, 3.05) is 6.54 Å². The van der Waals surface area contributed by atoms with Crippen molar-refractivity contribution < 1.29 is 4.79 Å². The lowest BCUT2D eigenvalue weighted by atomic mass is 10.0. The predicted octanol–water partition coefficient (Wildman–Crippen LogP) is 3.64. The Bertz CT molecular complexity index is 789. The van der Waals surface area contributed by atoms with Gasteiger partial charge >= 0.3 is 0 Å². The van der Waals surface area contributed by atoms with Gasteiger partial charge in [0.25, 0.3) is 5.91 Å². The van der Waals surface area contributed by atoms with E-state index in [4.69, 9.17) is 5.26 Å². The molecular weight excluding hydrogens is 316 g/mol. The predicted molar refractivity (Wildman–Crippen MR) is 81.1 cm³/mol. The van der Waals surface area contributed by atoms with Gasteiger partial charge in [0.2, 0.25) is 0 Å². The smallest absolute Gasteiger partial charge is 0.254 e. The van der Waals surface area contributed by atoms with Crippen LogP contribution in [-0.2, 0) is 6.54 Å². The minimum absolute atomic E-state index is 0.0294. The topological polar surface area (TPSA) is 44.1 Å². The Morgan fingerprint density at radius 3 is 2.90 bits per heavy atom. The number of carbonyl (C=O) groups excluding carboxylic acids is 1. The third-order valence-electron chi connectivity index (χ3n) is 3.50. The molecule has 0 radical (unpaired) electrons. The lowest BCUT2D eigenvalue weighted by molar-refractivity contribution is 0.0794. The van der Waals surface area contributed by atoms with Crippen molar-refractivity contribution in [1.82, 2.24) is 4.90 Å². The molecule has 0 saturated carbocycles. The third-order valence-corrected chi connectivity index (χ3v) is 3.99. The molecule has 0 spiro atoms. The maximum absolute atomic E-state index is 12.3.